The molecule has 10 atom stereocenters. The number of non-ortho nitro benzene ring substituents is 2. The van der Waals surface area contributed by atoms with Gasteiger partial charge in [0.1, 0.15) is 73.5 Å². The molecule has 2 aromatic carbocycles. The van der Waals surface area contributed by atoms with E-state index in [9.17, 15) is 80.3 Å². The van der Waals surface area contributed by atoms with Crippen LogP contribution in [-0.2, 0) is 18.9 Å². The maximum absolute atomic E-state index is 13.0. The topological polar surface area (TPSA) is 459 Å². The third-order valence-corrected chi connectivity index (χ3v) is 14.4. The highest BCUT2D eigenvalue weighted by molar-refractivity contribution is 5.96. The Morgan fingerprint density at radius 1 is 0.524 bits per heavy atom. The number of rotatable bonds is 30. The molecule has 14 N–H and O–H groups in total. The van der Waals surface area contributed by atoms with Crippen LogP contribution in [0.15, 0.2) is 36.4 Å². The number of nitro groups is 2. The molecule has 4 aliphatic rings. The minimum absolute atomic E-state index is 0.0905. The molecule has 470 valence electrons. The summed E-state index contributed by atoms with van der Waals surface area (Å²) in [6.07, 6.45) is -14.7. The standard InChI is InChI=1S/C51H79N11O22/c52-33(29-79-50(73)55-7-3-11-59-17-13-57(14-18-59)9-1-5-53-46(71)31-21-34(61(75)76)25-36(23-31)81-48-44(69)42(67)40(65)38(27-63)83-48)30-80-51(74)56-8-4-12-60-19-15-58(16-20-60)10-2-6-54-47(72)32-22-35(62(77)78)26-37(24-32)82-49-45(70)43(68)41(66)39(28-64)84-49/h21-26,33,38-45,48-49,63-70H,1-20,27-30,52H2,(H,53,71)(H,54,72)(H,55,73)(H,56,74)/t33?,38-,39-,40+,41+,42+,43+,44-,45-,48?,49?/m1/s1. The second-order valence-electron chi connectivity index (χ2n) is 20.7. The largest absolute Gasteiger partial charge is 0.462 e. The number of nitrogens with one attached hydrogen (secondary N) is 4. The lowest BCUT2D eigenvalue weighted by atomic mass is 9.99. The molecule has 0 spiro atoms. The Morgan fingerprint density at radius 3 is 1.15 bits per heavy atom. The number of aliphatic hydroxyl groups excluding tert-OH is 8. The van der Waals surface area contributed by atoms with Crippen molar-refractivity contribution < 1.29 is 98.3 Å². The Labute approximate surface area is 482 Å². The van der Waals surface area contributed by atoms with Gasteiger partial charge in [-0.05, 0) is 64.0 Å². The Kier molecular flexibility index (Phi) is 26.6. The lowest BCUT2D eigenvalue weighted by Crippen LogP contribution is -2.60. The maximum Gasteiger partial charge on any atom is 0.407 e. The number of amides is 4. The molecule has 6 rings (SSSR count). The Morgan fingerprint density at radius 2 is 0.845 bits per heavy atom. The van der Waals surface area contributed by atoms with Gasteiger partial charge in [0.2, 0.25) is 12.6 Å². The van der Waals surface area contributed by atoms with E-state index >= 15 is 0 Å². The summed E-state index contributed by atoms with van der Waals surface area (Å²) < 4.78 is 32.1. The Hall–Kier alpha value is -6.28. The first-order valence-corrected chi connectivity index (χ1v) is 27.8. The van der Waals surface area contributed by atoms with Crippen LogP contribution in [0, 0.1) is 20.2 Å². The van der Waals surface area contributed by atoms with Crippen LogP contribution in [0.2, 0.25) is 0 Å². The van der Waals surface area contributed by atoms with E-state index in [0.717, 1.165) is 89.7 Å². The van der Waals surface area contributed by atoms with Crippen LogP contribution in [0.3, 0.4) is 0 Å². The Bertz CT molecular complexity index is 2290. The highest BCUT2D eigenvalue weighted by Crippen LogP contribution is 2.30. The summed E-state index contributed by atoms with van der Waals surface area (Å²) in [4.78, 5) is 81.4. The van der Waals surface area contributed by atoms with Gasteiger partial charge in [-0.25, -0.2) is 9.59 Å². The molecule has 4 saturated heterocycles. The number of hydrogen-bond donors (Lipinski definition) is 13. The fourth-order valence-electron chi connectivity index (χ4n) is 9.56. The van der Waals surface area contributed by atoms with Crippen molar-refractivity contribution in [3.05, 3.63) is 67.8 Å². The summed E-state index contributed by atoms with van der Waals surface area (Å²) in [7, 11) is 0. The van der Waals surface area contributed by atoms with Crippen molar-refractivity contribution in [1.29, 1.82) is 0 Å². The van der Waals surface area contributed by atoms with Gasteiger partial charge >= 0.3 is 12.2 Å². The van der Waals surface area contributed by atoms with Crippen LogP contribution in [-0.4, -0.2) is 293 Å². The van der Waals surface area contributed by atoms with Crippen molar-refractivity contribution in [2.24, 2.45) is 5.73 Å². The first-order chi connectivity index (χ1) is 40.2. The number of hydrogen-bond acceptors (Lipinski definition) is 27. The SMILES string of the molecule is NC(COC(=O)NCCCN1CCN(CCCNC(=O)c2cc(OC3O[C@H](CO)[C@H](O)[C@H](O)[C@H]3O)cc([N+](=O)[O-])c2)CC1)COC(=O)NCCCN1CCN(CCCNC(=O)c2cc(OC3O[C@H](CO)[C@H](O)[C@H](O)[C@H]3O)cc([N+](=O)[O-])c2)CC1. The van der Waals surface area contributed by atoms with E-state index in [0.29, 0.717) is 51.9 Å². The van der Waals surface area contributed by atoms with Crippen molar-refractivity contribution in [2.75, 3.05) is 131 Å². The lowest BCUT2D eigenvalue weighted by Gasteiger charge is -2.39. The minimum atomic E-state index is -1.76. The van der Waals surface area contributed by atoms with Crippen molar-refractivity contribution in [3.63, 3.8) is 0 Å². The fraction of sp³-hybridized carbons (Fsp3) is 0.686. The second-order valence-corrected chi connectivity index (χ2v) is 20.7. The van der Waals surface area contributed by atoms with Crippen LogP contribution in [0.1, 0.15) is 46.4 Å². The van der Waals surface area contributed by atoms with E-state index in [-0.39, 0.29) is 48.9 Å². The highest BCUT2D eigenvalue weighted by Gasteiger charge is 2.46. The first-order valence-electron chi connectivity index (χ1n) is 27.8. The number of nitrogens with zero attached hydrogens (tertiary/aromatic N) is 6. The molecule has 0 aliphatic carbocycles. The molecular formula is C51H79N11O22. The molecule has 33 heteroatoms. The molecule has 2 unspecified atom stereocenters. The van der Waals surface area contributed by atoms with E-state index in [4.69, 9.17) is 34.2 Å². The normalized spacial score (nSPS) is 25.6. The molecule has 0 radical (unpaired) electrons. The average molecular weight is 1200 g/mol. The molecule has 84 heavy (non-hydrogen) atoms. The number of benzene rings is 2. The highest BCUT2D eigenvalue weighted by atomic mass is 16.7. The van der Waals surface area contributed by atoms with Gasteiger partial charge in [-0.1, -0.05) is 0 Å². The number of alkyl carbamates (subject to hydrolysis) is 2. The van der Waals surface area contributed by atoms with Crippen molar-refractivity contribution in [3.8, 4) is 11.5 Å². The van der Waals surface area contributed by atoms with Gasteiger partial charge in [0, 0.05) is 102 Å². The van der Waals surface area contributed by atoms with Crippen molar-refractivity contribution in [1.82, 2.24) is 40.9 Å². The summed E-state index contributed by atoms with van der Waals surface area (Å²) in [5, 5.41) is 114. The molecule has 4 amide bonds. The summed E-state index contributed by atoms with van der Waals surface area (Å²) in [6.45, 7) is 8.69. The van der Waals surface area contributed by atoms with Gasteiger partial charge < -0.3 is 116 Å². The third kappa shape index (κ3) is 20.5. The molecule has 0 bridgehead atoms. The van der Waals surface area contributed by atoms with Gasteiger partial charge in [0.15, 0.2) is 0 Å². The van der Waals surface area contributed by atoms with E-state index in [2.05, 4.69) is 40.9 Å². The molecule has 4 fully saturated rings. The molecule has 2 aromatic rings. The zero-order chi connectivity index (χ0) is 60.9. The number of ether oxygens (including phenoxy) is 6. The van der Waals surface area contributed by atoms with E-state index < -0.39 is 126 Å². The summed E-state index contributed by atoms with van der Waals surface area (Å²) >= 11 is 0. The number of carbonyl (C=O) groups excluding carboxylic acids is 4. The van der Waals surface area contributed by atoms with Gasteiger partial charge in [0.05, 0.1) is 41.2 Å². The van der Waals surface area contributed by atoms with Gasteiger partial charge in [-0.15, -0.1) is 0 Å². The summed E-state index contributed by atoms with van der Waals surface area (Å²) in [5.41, 5.74) is 4.88. The quantitative estimate of drug-likeness (QED) is 0.0199. The zero-order valence-corrected chi connectivity index (χ0v) is 46.3. The fourth-order valence-corrected chi connectivity index (χ4v) is 9.56. The lowest BCUT2D eigenvalue weighted by molar-refractivity contribution is -0.385. The predicted molar refractivity (Wildman–Crippen MR) is 291 cm³/mol. The van der Waals surface area contributed by atoms with Crippen LogP contribution >= 0.6 is 0 Å². The smallest absolute Gasteiger partial charge is 0.407 e. The number of aliphatic hydroxyl groups is 8. The summed E-state index contributed by atoms with van der Waals surface area (Å²) in [5.74, 6) is -1.63. The van der Waals surface area contributed by atoms with Crippen LogP contribution in [0.25, 0.3) is 0 Å². The number of piperazine rings is 2. The summed E-state index contributed by atoms with van der Waals surface area (Å²) in [6, 6.07) is 5.85. The van der Waals surface area contributed by atoms with E-state index in [1.165, 1.54) is 12.1 Å². The second kappa shape index (κ2) is 33.4. The molecule has 0 aromatic heterocycles. The van der Waals surface area contributed by atoms with E-state index in [1.54, 1.807) is 0 Å². The molecular weight excluding hydrogens is 1120 g/mol. The van der Waals surface area contributed by atoms with E-state index in [1.807, 2.05) is 0 Å². The number of nitro benzene ring substituents is 2. The van der Waals surface area contributed by atoms with Crippen LogP contribution in [0.4, 0.5) is 21.0 Å². The molecule has 0 saturated carbocycles. The van der Waals surface area contributed by atoms with Gasteiger partial charge in [-0.3, -0.25) is 29.8 Å². The number of carbonyl (C=O) groups is 4. The van der Waals surface area contributed by atoms with Crippen LogP contribution in [0.5, 0.6) is 11.5 Å². The molecule has 4 heterocycles. The minimum Gasteiger partial charge on any atom is -0.462 e. The first kappa shape index (κ1) is 66.9. The maximum atomic E-state index is 13.0. The number of nitrogens with two attached hydrogens (primary N) is 1. The van der Waals surface area contributed by atoms with Gasteiger partial charge in [-0.2, -0.15) is 0 Å². The predicted octanol–water partition coefficient (Wildman–Crippen LogP) is -4.40. The monoisotopic (exact) mass is 1200 g/mol. The van der Waals surface area contributed by atoms with Crippen LogP contribution < -0.4 is 36.5 Å². The molecule has 33 nitrogen and oxygen atoms in total. The third-order valence-electron chi connectivity index (χ3n) is 14.4. The van der Waals surface area contributed by atoms with Crippen molar-refractivity contribution >= 4 is 35.4 Å². The molecule has 4 aliphatic heterocycles. The Balaban J connectivity index is 0.738. The average Bonchev–Trinajstić information content (AvgIpc) is 3.43. The van der Waals surface area contributed by atoms with Crippen molar-refractivity contribution in [2.45, 2.75) is 93.1 Å². The van der Waals surface area contributed by atoms with Gasteiger partial charge in [0.25, 0.3) is 23.2 Å². The zero-order valence-electron chi connectivity index (χ0n) is 46.3.